The van der Waals surface area contributed by atoms with Gasteiger partial charge in [0.25, 0.3) is 5.91 Å². The summed E-state index contributed by atoms with van der Waals surface area (Å²) in [5.74, 6) is 0.959. The number of rotatable bonds is 4. The van der Waals surface area contributed by atoms with E-state index in [0.29, 0.717) is 24.8 Å². The van der Waals surface area contributed by atoms with Gasteiger partial charge in [-0.3, -0.25) is 4.79 Å². The van der Waals surface area contributed by atoms with Gasteiger partial charge in [-0.2, -0.15) is 0 Å². The van der Waals surface area contributed by atoms with Crippen molar-refractivity contribution in [2.45, 2.75) is 38.6 Å². The first kappa shape index (κ1) is 18.1. The minimum Gasteiger partial charge on any atom is -0.507 e. The molecule has 0 unspecified atom stereocenters. The van der Waals surface area contributed by atoms with E-state index in [0.717, 1.165) is 18.7 Å². The minimum absolute atomic E-state index is 0.0798. The summed E-state index contributed by atoms with van der Waals surface area (Å²) in [4.78, 5) is 19.4. The lowest BCUT2D eigenvalue weighted by Crippen LogP contribution is -2.39. The number of phenolic OH excluding ortho intramolecular Hbond substituents is 1. The smallest absolute Gasteiger partial charge is 0.257 e. The normalized spacial score (nSPS) is 17.2. The Labute approximate surface area is 162 Å². The van der Waals surface area contributed by atoms with Crippen molar-refractivity contribution >= 4 is 5.91 Å². The van der Waals surface area contributed by atoms with Crippen LogP contribution in [0.5, 0.6) is 5.75 Å². The van der Waals surface area contributed by atoms with Gasteiger partial charge in [-0.1, -0.05) is 0 Å². The number of aromatic hydroxyl groups is 1. The second kappa shape index (κ2) is 7.41. The van der Waals surface area contributed by atoms with Crippen LogP contribution < -0.4 is 0 Å². The maximum absolute atomic E-state index is 13.0. The Morgan fingerprint density at radius 3 is 2.89 bits per heavy atom. The van der Waals surface area contributed by atoms with Crippen LogP contribution in [0.15, 0.2) is 36.9 Å². The van der Waals surface area contributed by atoms with Crippen molar-refractivity contribution in [3.8, 4) is 11.4 Å². The maximum Gasteiger partial charge on any atom is 0.257 e. The fourth-order valence-electron chi connectivity index (χ4n) is 3.74. The van der Waals surface area contributed by atoms with Crippen LogP contribution in [0.3, 0.4) is 0 Å². The summed E-state index contributed by atoms with van der Waals surface area (Å²) in [5.41, 5.74) is 0.874. The molecule has 2 aromatic heterocycles. The van der Waals surface area contributed by atoms with E-state index < -0.39 is 0 Å². The van der Waals surface area contributed by atoms with Gasteiger partial charge in [0.15, 0.2) is 0 Å². The number of piperidine rings is 1. The molecule has 1 aromatic carbocycles. The quantitative estimate of drug-likeness (QED) is 0.743. The number of likely N-dealkylation sites (tertiary alicyclic amines) is 1. The Morgan fingerprint density at radius 1 is 1.32 bits per heavy atom. The molecule has 146 valence electrons. The molecular weight excluding hydrogens is 358 g/mol. The second-order valence-electron chi connectivity index (χ2n) is 7.33. The molecule has 0 aliphatic carbocycles. The summed E-state index contributed by atoms with van der Waals surface area (Å²) in [6, 6.07) is 5.16. The molecule has 4 rings (SSSR count). The van der Waals surface area contributed by atoms with Gasteiger partial charge in [0.1, 0.15) is 17.9 Å². The Morgan fingerprint density at radius 2 is 2.18 bits per heavy atom. The largest absolute Gasteiger partial charge is 0.507 e. The Bertz CT molecular complexity index is 965. The van der Waals surface area contributed by atoms with Crippen LogP contribution in [-0.2, 0) is 0 Å². The molecule has 3 heterocycles. The first-order valence-corrected chi connectivity index (χ1v) is 9.43. The highest BCUT2D eigenvalue weighted by atomic mass is 16.3. The number of nitrogens with zero attached hydrogens (tertiary/aromatic N) is 7. The zero-order valence-electron chi connectivity index (χ0n) is 15.9. The van der Waals surface area contributed by atoms with E-state index in [2.05, 4.69) is 38.9 Å². The van der Waals surface area contributed by atoms with Crippen molar-refractivity contribution in [2.75, 3.05) is 13.1 Å². The number of carbonyl (C=O) groups is 1. The Balaban J connectivity index is 1.54. The molecule has 1 aliphatic heterocycles. The van der Waals surface area contributed by atoms with Gasteiger partial charge in [-0.25, -0.2) is 9.67 Å². The Kier molecular flexibility index (Phi) is 4.81. The molecule has 0 saturated carbocycles. The molecule has 0 bridgehead atoms. The monoisotopic (exact) mass is 381 g/mol. The van der Waals surface area contributed by atoms with Crippen LogP contribution in [-0.4, -0.2) is 58.8 Å². The van der Waals surface area contributed by atoms with E-state index in [9.17, 15) is 9.90 Å². The lowest BCUT2D eigenvalue weighted by molar-refractivity contribution is 0.0700. The van der Waals surface area contributed by atoms with E-state index in [1.807, 2.05) is 12.4 Å². The van der Waals surface area contributed by atoms with Gasteiger partial charge in [-0.15, -0.1) is 5.10 Å². The van der Waals surface area contributed by atoms with Gasteiger partial charge in [0.2, 0.25) is 0 Å². The van der Waals surface area contributed by atoms with Crippen molar-refractivity contribution in [3.05, 3.63) is 48.3 Å². The molecule has 1 fully saturated rings. The lowest BCUT2D eigenvalue weighted by Gasteiger charge is -2.33. The van der Waals surface area contributed by atoms with Crippen LogP contribution in [0.2, 0.25) is 0 Å². The molecule has 0 spiro atoms. The SMILES string of the molecule is CC(C)n1ccnc1[C@H]1CCCN(C(=O)c2ccc(-n3cnnn3)cc2O)C1. The van der Waals surface area contributed by atoms with E-state index >= 15 is 0 Å². The lowest BCUT2D eigenvalue weighted by atomic mass is 9.96. The summed E-state index contributed by atoms with van der Waals surface area (Å²) in [7, 11) is 0. The van der Waals surface area contributed by atoms with Crippen molar-refractivity contribution in [1.82, 2.24) is 34.7 Å². The van der Waals surface area contributed by atoms with Gasteiger partial charge < -0.3 is 14.6 Å². The number of amides is 1. The van der Waals surface area contributed by atoms with Crippen molar-refractivity contribution in [1.29, 1.82) is 0 Å². The van der Waals surface area contributed by atoms with Gasteiger partial charge in [0, 0.05) is 43.5 Å². The number of tetrazole rings is 1. The van der Waals surface area contributed by atoms with Crippen molar-refractivity contribution in [2.24, 2.45) is 0 Å². The predicted molar refractivity (Wildman–Crippen MR) is 101 cm³/mol. The molecule has 1 N–H and O–H groups in total. The first-order chi connectivity index (χ1) is 13.5. The first-order valence-electron chi connectivity index (χ1n) is 9.43. The zero-order chi connectivity index (χ0) is 19.7. The molecular formula is C19H23N7O2. The van der Waals surface area contributed by atoms with E-state index in [1.54, 1.807) is 17.0 Å². The molecule has 3 aromatic rings. The van der Waals surface area contributed by atoms with Crippen molar-refractivity contribution < 1.29 is 9.90 Å². The van der Waals surface area contributed by atoms with E-state index in [-0.39, 0.29) is 23.1 Å². The van der Waals surface area contributed by atoms with Gasteiger partial charge in [-0.05, 0) is 49.2 Å². The summed E-state index contributed by atoms with van der Waals surface area (Å²) in [6.45, 7) is 5.52. The third kappa shape index (κ3) is 3.35. The molecule has 1 atom stereocenters. The number of imidazole rings is 1. The fourth-order valence-corrected chi connectivity index (χ4v) is 3.74. The van der Waals surface area contributed by atoms with Crippen LogP contribution in [0, 0.1) is 0 Å². The molecule has 1 saturated heterocycles. The average molecular weight is 381 g/mol. The zero-order valence-corrected chi connectivity index (χ0v) is 15.9. The molecule has 0 radical (unpaired) electrons. The van der Waals surface area contributed by atoms with Crippen LogP contribution >= 0.6 is 0 Å². The minimum atomic E-state index is -0.173. The summed E-state index contributed by atoms with van der Waals surface area (Å²) < 4.78 is 3.59. The highest BCUT2D eigenvalue weighted by Gasteiger charge is 2.29. The second-order valence-corrected chi connectivity index (χ2v) is 7.33. The number of phenols is 1. The van der Waals surface area contributed by atoms with Crippen LogP contribution in [0.1, 0.15) is 54.8 Å². The Hall–Kier alpha value is -3.23. The van der Waals surface area contributed by atoms with Crippen LogP contribution in [0.25, 0.3) is 5.69 Å². The molecule has 1 amide bonds. The molecule has 28 heavy (non-hydrogen) atoms. The standard InChI is InChI=1S/C19H23N7O2/c1-13(2)25-9-7-20-18(25)14-4-3-8-24(11-14)19(28)16-6-5-15(10-17(16)27)26-12-21-22-23-26/h5-7,9-10,12-14,27H,3-4,8,11H2,1-2H3/t14-/m0/s1. The van der Waals surface area contributed by atoms with Crippen molar-refractivity contribution in [3.63, 3.8) is 0 Å². The number of aromatic nitrogens is 6. The van der Waals surface area contributed by atoms with Gasteiger partial charge in [0.05, 0.1) is 11.3 Å². The summed E-state index contributed by atoms with van der Waals surface area (Å²) in [6.07, 6.45) is 7.15. The van der Waals surface area contributed by atoms with Gasteiger partial charge >= 0.3 is 0 Å². The topological polar surface area (TPSA) is 102 Å². The molecule has 1 aliphatic rings. The maximum atomic E-state index is 13.0. The summed E-state index contributed by atoms with van der Waals surface area (Å²) in [5, 5.41) is 21.4. The molecule has 9 heteroatoms. The number of hydrogen-bond donors (Lipinski definition) is 1. The van der Waals surface area contributed by atoms with E-state index in [4.69, 9.17) is 0 Å². The summed E-state index contributed by atoms with van der Waals surface area (Å²) >= 11 is 0. The van der Waals surface area contributed by atoms with Crippen LogP contribution in [0.4, 0.5) is 0 Å². The number of hydrogen-bond acceptors (Lipinski definition) is 6. The predicted octanol–water partition coefficient (Wildman–Crippen LogP) is 2.17. The molecule has 9 nitrogen and oxygen atoms in total. The average Bonchev–Trinajstić information content (AvgIpc) is 3.39. The third-order valence-corrected chi connectivity index (χ3v) is 5.15. The van der Waals surface area contributed by atoms with E-state index in [1.165, 1.54) is 17.1 Å². The highest BCUT2D eigenvalue weighted by molar-refractivity contribution is 5.97. The highest BCUT2D eigenvalue weighted by Crippen LogP contribution is 2.30. The number of benzene rings is 1. The third-order valence-electron chi connectivity index (χ3n) is 5.15. The fraction of sp³-hybridized carbons (Fsp3) is 0.421. The number of carbonyl (C=O) groups excluding carboxylic acids is 1.